The number of nitrogens with zero attached hydrogens (tertiary/aromatic N) is 2. The molecule has 2 rings (SSSR count). The molecule has 8 heteroatoms. The van der Waals surface area contributed by atoms with Crippen molar-refractivity contribution < 1.29 is 28.5 Å². The van der Waals surface area contributed by atoms with E-state index >= 15 is 0 Å². The number of rotatable bonds is 36. The Kier molecular flexibility index (Phi) is 28.9. The maximum Gasteiger partial charge on any atom is 0.320 e. The number of hydrogen-bond donors (Lipinski definition) is 0. The number of likely N-dealkylation sites (N-methyl/N-ethyl adjacent to an activating group) is 2. The van der Waals surface area contributed by atoms with Crippen molar-refractivity contribution in [2.75, 3.05) is 53.5 Å². The molecule has 2 saturated heterocycles. The van der Waals surface area contributed by atoms with Crippen LogP contribution in [-0.2, 0) is 28.5 Å². The number of carbonyl (C=O) groups is 2. The van der Waals surface area contributed by atoms with E-state index < -0.39 is 12.2 Å². The third kappa shape index (κ3) is 23.5. The molecule has 2 aliphatic rings. The fraction of sp³-hybridized carbons (Fsp3) is 0.955. The van der Waals surface area contributed by atoms with Gasteiger partial charge in [-0.25, -0.2) is 0 Å². The van der Waals surface area contributed by atoms with Crippen molar-refractivity contribution in [3.05, 3.63) is 0 Å². The molecule has 0 aromatic rings. The van der Waals surface area contributed by atoms with E-state index in [9.17, 15) is 9.59 Å². The highest BCUT2D eigenvalue weighted by Gasteiger charge is 2.51. The van der Waals surface area contributed by atoms with E-state index in [2.05, 4.69) is 13.8 Å². The molecule has 0 aromatic carbocycles. The largest absolute Gasteiger partial charge is 0.456 e. The van der Waals surface area contributed by atoms with Gasteiger partial charge in [-0.05, 0) is 40.0 Å². The van der Waals surface area contributed by atoms with Crippen LogP contribution in [0.4, 0.5) is 0 Å². The summed E-state index contributed by atoms with van der Waals surface area (Å²) in [6, 6.07) is 0. The highest BCUT2D eigenvalue weighted by molar-refractivity contribution is 5.72. The second-order valence-corrected chi connectivity index (χ2v) is 16.3. The van der Waals surface area contributed by atoms with Gasteiger partial charge < -0.3 is 18.9 Å². The van der Waals surface area contributed by atoms with Crippen molar-refractivity contribution in [2.24, 2.45) is 0 Å². The lowest BCUT2D eigenvalue weighted by molar-refractivity contribution is -0.156. The molecule has 0 aromatic heterocycles. The van der Waals surface area contributed by atoms with Crippen LogP contribution in [0.25, 0.3) is 0 Å². The topological polar surface area (TPSA) is 77.5 Å². The molecule has 0 aliphatic carbocycles. The van der Waals surface area contributed by atoms with E-state index in [0.717, 1.165) is 25.9 Å². The van der Waals surface area contributed by atoms with Crippen molar-refractivity contribution in [1.82, 2.24) is 9.80 Å². The van der Waals surface area contributed by atoms with Crippen molar-refractivity contribution >= 4 is 11.9 Å². The summed E-state index contributed by atoms with van der Waals surface area (Å²) in [5, 5.41) is 0. The monoisotopic (exact) mass is 737 g/mol. The van der Waals surface area contributed by atoms with Crippen LogP contribution >= 0.6 is 0 Å². The van der Waals surface area contributed by atoms with Crippen LogP contribution in [0, 0.1) is 0 Å². The van der Waals surface area contributed by atoms with Gasteiger partial charge in [-0.15, -0.1) is 0 Å². The standard InChI is InChI=1S/C44H84N2O6/c1-5-7-9-11-13-15-17-19-21-23-25-27-29-31-33-45(3)35-41(47)51-39-37-49-44-40(38-50-43(39)44)52-42(48)36-46(4)34-32-30-28-26-24-22-20-18-16-14-12-10-8-6-2/h39-40,43-44H,5-38H2,1-4H3/t39-,40+,43-,44-/m1/s1. The summed E-state index contributed by atoms with van der Waals surface area (Å²) >= 11 is 0. The Bertz CT molecular complexity index is 791. The fourth-order valence-electron chi connectivity index (χ4n) is 7.79. The molecule has 2 aliphatic heterocycles. The van der Waals surface area contributed by atoms with Crippen LogP contribution in [0.2, 0.25) is 0 Å². The first-order valence-electron chi connectivity index (χ1n) is 22.4. The zero-order valence-electron chi connectivity index (χ0n) is 34.7. The van der Waals surface area contributed by atoms with Gasteiger partial charge in [0.15, 0.2) is 12.2 Å². The maximum atomic E-state index is 12.7. The summed E-state index contributed by atoms with van der Waals surface area (Å²) in [6.45, 7) is 7.41. The summed E-state index contributed by atoms with van der Waals surface area (Å²) < 4.78 is 23.4. The summed E-state index contributed by atoms with van der Waals surface area (Å²) in [4.78, 5) is 29.5. The van der Waals surface area contributed by atoms with Crippen LogP contribution < -0.4 is 0 Å². The van der Waals surface area contributed by atoms with Gasteiger partial charge in [-0.2, -0.15) is 0 Å². The predicted octanol–water partition coefficient (Wildman–Crippen LogP) is 10.4. The van der Waals surface area contributed by atoms with Crippen LogP contribution in [0.5, 0.6) is 0 Å². The molecule has 0 bridgehead atoms. The van der Waals surface area contributed by atoms with Gasteiger partial charge >= 0.3 is 11.9 Å². The average Bonchev–Trinajstić information content (AvgIpc) is 3.71. The van der Waals surface area contributed by atoms with E-state index in [1.165, 1.54) is 167 Å². The van der Waals surface area contributed by atoms with Crippen molar-refractivity contribution in [1.29, 1.82) is 0 Å². The van der Waals surface area contributed by atoms with Gasteiger partial charge in [-0.3, -0.25) is 19.4 Å². The van der Waals surface area contributed by atoms with E-state index in [1.807, 2.05) is 23.9 Å². The molecule has 0 saturated carbocycles. The van der Waals surface area contributed by atoms with E-state index in [0.29, 0.717) is 0 Å². The fourth-order valence-corrected chi connectivity index (χ4v) is 7.79. The molecule has 8 nitrogen and oxygen atoms in total. The molecule has 0 N–H and O–H groups in total. The highest BCUT2D eigenvalue weighted by Crippen LogP contribution is 2.31. The number of hydrogen-bond acceptors (Lipinski definition) is 8. The first-order valence-corrected chi connectivity index (χ1v) is 22.4. The average molecular weight is 737 g/mol. The number of unbranched alkanes of at least 4 members (excludes halogenated alkanes) is 26. The Hall–Kier alpha value is -1.22. The summed E-state index contributed by atoms with van der Waals surface area (Å²) in [5.41, 5.74) is 0. The van der Waals surface area contributed by atoms with Crippen LogP contribution in [0.3, 0.4) is 0 Å². The summed E-state index contributed by atoms with van der Waals surface area (Å²) in [5.74, 6) is -0.507. The van der Waals surface area contributed by atoms with Gasteiger partial charge in [0, 0.05) is 0 Å². The molecular weight excluding hydrogens is 652 g/mol. The first kappa shape index (κ1) is 46.9. The van der Waals surface area contributed by atoms with Crippen molar-refractivity contribution in [3.8, 4) is 0 Å². The molecule has 0 spiro atoms. The molecule has 52 heavy (non-hydrogen) atoms. The molecule has 0 amide bonds. The first-order chi connectivity index (χ1) is 25.4. The minimum atomic E-state index is -0.460. The molecule has 306 valence electrons. The Labute approximate surface area is 321 Å². The quantitative estimate of drug-likeness (QED) is 0.0465. The van der Waals surface area contributed by atoms with E-state index in [4.69, 9.17) is 18.9 Å². The Morgan fingerprint density at radius 2 is 0.692 bits per heavy atom. The predicted molar refractivity (Wildman–Crippen MR) is 215 cm³/mol. The lowest BCUT2D eigenvalue weighted by Crippen LogP contribution is -2.39. The molecule has 0 radical (unpaired) electrons. The van der Waals surface area contributed by atoms with Crippen LogP contribution in [-0.4, -0.2) is 99.6 Å². The molecule has 2 heterocycles. The lowest BCUT2D eigenvalue weighted by Gasteiger charge is -2.20. The van der Waals surface area contributed by atoms with E-state index in [-0.39, 0.29) is 50.4 Å². The van der Waals surface area contributed by atoms with Crippen LogP contribution in [0.1, 0.15) is 194 Å². The van der Waals surface area contributed by atoms with Crippen molar-refractivity contribution in [3.63, 3.8) is 0 Å². The summed E-state index contributed by atoms with van der Waals surface area (Å²) in [6.07, 6.45) is 35.9. The Balaban J connectivity index is 1.43. The number of ether oxygens (including phenoxy) is 4. The smallest absolute Gasteiger partial charge is 0.320 e. The van der Waals surface area contributed by atoms with Gasteiger partial charge in [0.25, 0.3) is 0 Å². The van der Waals surface area contributed by atoms with E-state index in [1.54, 1.807) is 0 Å². The maximum absolute atomic E-state index is 12.7. The SMILES string of the molecule is CCCCCCCCCCCCCCCCN(C)CC(=O)O[C@H]1CO[C@H]2[C@@H]1OC[C@H]2OC(=O)CN(C)CCCCCCCCCCCCCCCC. The summed E-state index contributed by atoms with van der Waals surface area (Å²) in [7, 11) is 3.96. The molecular formula is C44H84N2O6. The molecule has 0 unspecified atom stereocenters. The molecule has 4 atom stereocenters. The minimum Gasteiger partial charge on any atom is -0.456 e. The minimum absolute atomic E-state index is 0.253. The highest BCUT2D eigenvalue weighted by atomic mass is 16.7. The Morgan fingerprint density at radius 1 is 0.442 bits per heavy atom. The normalized spacial score (nSPS) is 19.9. The molecule has 2 fully saturated rings. The van der Waals surface area contributed by atoms with Gasteiger partial charge in [0.1, 0.15) is 12.2 Å². The zero-order chi connectivity index (χ0) is 37.5. The van der Waals surface area contributed by atoms with Crippen LogP contribution in [0.15, 0.2) is 0 Å². The lowest BCUT2D eigenvalue weighted by atomic mass is 10.0. The second kappa shape index (κ2) is 32.1. The van der Waals surface area contributed by atoms with Gasteiger partial charge in [0.2, 0.25) is 0 Å². The van der Waals surface area contributed by atoms with Gasteiger partial charge in [-0.1, -0.05) is 181 Å². The van der Waals surface area contributed by atoms with Gasteiger partial charge in [0.05, 0.1) is 26.3 Å². The number of esters is 2. The number of fused-ring (bicyclic) bond motifs is 1. The Morgan fingerprint density at radius 3 is 0.962 bits per heavy atom. The zero-order valence-corrected chi connectivity index (χ0v) is 34.7. The third-order valence-electron chi connectivity index (χ3n) is 11.1. The number of carbonyl (C=O) groups excluding carboxylic acids is 2. The second-order valence-electron chi connectivity index (χ2n) is 16.3. The van der Waals surface area contributed by atoms with Crippen molar-refractivity contribution in [2.45, 2.75) is 218 Å². The third-order valence-corrected chi connectivity index (χ3v) is 11.1.